The van der Waals surface area contributed by atoms with Gasteiger partial charge < -0.3 is 20.7 Å². The maximum Gasteiger partial charge on any atom is 0.221 e. The minimum absolute atomic E-state index is 0.102. The van der Waals surface area contributed by atoms with Crippen LogP contribution >= 0.6 is 0 Å². The standard InChI is InChI=1S/C22H30N4O2/c1-4-23-22(25-16-17(2)19-9-6-5-7-10-19)24-13-14-28-21-12-8-11-20(15-21)26-18(3)27/h5-12,15,17H,4,13-14,16H2,1-3H3,(H,26,27)(H2,23,24,25). The minimum Gasteiger partial charge on any atom is -0.492 e. The fourth-order valence-corrected chi connectivity index (χ4v) is 2.66. The molecule has 1 unspecified atom stereocenters. The normalized spacial score (nSPS) is 12.2. The molecule has 0 aliphatic carbocycles. The summed E-state index contributed by atoms with van der Waals surface area (Å²) in [5.41, 5.74) is 2.01. The highest BCUT2D eigenvalue weighted by Gasteiger charge is 2.05. The number of hydrogen-bond acceptors (Lipinski definition) is 3. The van der Waals surface area contributed by atoms with Gasteiger partial charge in [0, 0.05) is 37.7 Å². The van der Waals surface area contributed by atoms with E-state index in [0.29, 0.717) is 31.4 Å². The number of guanidine groups is 1. The molecule has 1 atom stereocenters. The summed E-state index contributed by atoms with van der Waals surface area (Å²) >= 11 is 0. The first-order valence-electron chi connectivity index (χ1n) is 9.66. The third-order valence-electron chi connectivity index (χ3n) is 4.05. The molecule has 0 aliphatic heterocycles. The quantitative estimate of drug-likeness (QED) is 0.353. The van der Waals surface area contributed by atoms with Crippen molar-refractivity contribution < 1.29 is 9.53 Å². The highest BCUT2D eigenvalue weighted by molar-refractivity contribution is 5.88. The monoisotopic (exact) mass is 382 g/mol. The van der Waals surface area contributed by atoms with E-state index in [2.05, 4.69) is 52.1 Å². The lowest BCUT2D eigenvalue weighted by molar-refractivity contribution is -0.114. The van der Waals surface area contributed by atoms with E-state index in [9.17, 15) is 4.79 Å². The lowest BCUT2D eigenvalue weighted by Crippen LogP contribution is -2.39. The van der Waals surface area contributed by atoms with E-state index >= 15 is 0 Å². The lowest BCUT2D eigenvalue weighted by Gasteiger charge is -2.14. The zero-order chi connectivity index (χ0) is 20.2. The maximum absolute atomic E-state index is 11.1. The molecule has 0 aliphatic rings. The summed E-state index contributed by atoms with van der Waals surface area (Å²) in [6.45, 7) is 8.31. The lowest BCUT2D eigenvalue weighted by atomic mass is 10.0. The van der Waals surface area contributed by atoms with Gasteiger partial charge in [-0.3, -0.25) is 9.79 Å². The van der Waals surface area contributed by atoms with Gasteiger partial charge in [0.25, 0.3) is 0 Å². The third-order valence-corrected chi connectivity index (χ3v) is 4.05. The topological polar surface area (TPSA) is 74.8 Å². The number of aliphatic imine (C=N–C) groups is 1. The summed E-state index contributed by atoms with van der Waals surface area (Å²) in [5.74, 6) is 1.74. The van der Waals surface area contributed by atoms with E-state index in [4.69, 9.17) is 4.74 Å². The van der Waals surface area contributed by atoms with Gasteiger partial charge in [0.15, 0.2) is 5.96 Å². The Balaban J connectivity index is 1.80. The van der Waals surface area contributed by atoms with Gasteiger partial charge in [-0.25, -0.2) is 0 Å². The fourth-order valence-electron chi connectivity index (χ4n) is 2.66. The summed E-state index contributed by atoms with van der Waals surface area (Å²) < 4.78 is 5.76. The molecule has 2 aromatic carbocycles. The second-order valence-electron chi connectivity index (χ2n) is 6.52. The van der Waals surface area contributed by atoms with Crippen LogP contribution in [-0.4, -0.2) is 38.1 Å². The summed E-state index contributed by atoms with van der Waals surface area (Å²) in [6.07, 6.45) is 0. The molecule has 0 heterocycles. The van der Waals surface area contributed by atoms with Crippen molar-refractivity contribution in [3.63, 3.8) is 0 Å². The molecule has 6 heteroatoms. The van der Waals surface area contributed by atoms with Gasteiger partial charge in [-0.1, -0.05) is 43.3 Å². The number of ether oxygens (including phenoxy) is 1. The predicted octanol–water partition coefficient (Wildman–Crippen LogP) is 3.38. The van der Waals surface area contributed by atoms with Crippen LogP contribution in [-0.2, 0) is 4.79 Å². The van der Waals surface area contributed by atoms with Crippen molar-refractivity contribution in [1.82, 2.24) is 10.6 Å². The van der Waals surface area contributed by atoms with Crippen molar-refractivity contribution in [1.29, 1.82) is 0 Å². The largest absolute Gasteiger partial charge is 0.492 e. The number of carbonyl (C=O) groups is 1. The maximum atomic E-state index is 11.1. The van der Waals surface area contributed by atoms with Gasteiger partial charge in [-0.2, -0.15) is 0 Å². The van der Waals surface area contributed by atoms with Gasteiger partial charge in [-0.05, 0) is 24.6 Å². The summed E-state index contributed by atoms with van der Waals surface area (Å²) in [6, 6.07) is 17.7. The predicted molar refractivity (Wildman–Crippen MR) is 115 cm³/mol. The zero-order valence-electron chi connectivity index (χ0n) is 16.9. The molecule has 0 saturated heterocycles. The number of anilines is 1. The van der Waals surface area contributed by atoms with Crippen molar-refractivity contribution >= 4 is 17.6 Å². The van der Waals surface area contributed by atoms with Crippen molar-refractivity contribution in [2.24, 2.45) is 4.99 Å². The average molecular weight is 383 g/mol. The molecule has 28 heavy (non-hydrogen) atoms. The molecule has 0 radical (unpaired) electrons. The van der Waals surface area contributed by atoms with Crippen LogP contribution in [0.15, 0.2) is 59.6 Å². The Kier molecular flexibility index (Phi) is 8.85. The number of benzene rings is 2. The van der Waals surface area contributed by atoms with Gasteiger partial charge in [0.2, 0.25) is 5.91 Å². The Labute approximate surface area is 167 Å². The van der Waals surface area contributed by atoms with Gasteiger partial charge in [0.05, 0.1) is 6.54 Å². The van der Waals surface area contributed by atoms with Crippen LogP contribution in [0.3, 0.4) is 0 Å². The van der Waals surface area contributed by atoms with E-state index in [0.717, 1.165) is 18.2 Å². The van der Waals surface area contributed by atoms with Crippen LogP contribution in [0.2, 0.25) is 0 Å². The molecule has 0 saturated carbocycles. The molecule has 2 aromatic rings. The van der Waals surface area contributed by atoms with Crippen molar-refractivity contribution in [2.45, 2.75) is 26.7 Å². The second-order valence-corrected chi connectivity index (χ2v) is 6.52. The SMILES string of the molecule is CCNC(=NCC(C)c1ccccc1)NCCOc1cccc(NC(C)=O)c1. The molecular formula is C22H30N4O2. The Hall–Kier alpha value is -3.02. The highest BCUT2D eigenvalue weighted by atomic mass is 16.5. The number of nitrogens with one attached hydrogen (secondary N) is 3. The number of rotatable bonds is 9. The van der Waals surface area contributed by atoms with Crippen molar-refractivity contribution in [3.8, 4) is 5.75 Å². The fraction of sp³-hybridized carbons (Fsp3) is 0.364. The van der Waals surface area contributed by atoms with Gasteiger partial charge in [0.1, 0.15) is 12.4 Å². The van der Waals surface area contributed by atoms with E-state index in [-0.39, 0.29) is 5.91 Å². The van der Waals surface area contributed by atoms with E-state index < -0.39 is 0 Å². The highest BCUT2D eigenvalue weighted by Crippen LogP contribution is 2.17. The van der Waals surface area contributed by atoms with Gasteiger partial charge in [-0.15, -0.1) is 0 Å². The Morgan fingerprint density at radius 3 is 2.61 bits per heavy atom. The molecule has 3 N–H and O–H groups in total. The molecular weight excluding hydrogens is 352 g/mol. The van der Waals surface area contributed by atoms with Crippen LogP contribution in [0.5, 0.6) is 5.75 Å². The summed E-state index contributed by atoms with van der Waals surface area (Å²) in [4.78, 5) is 15.8. The number of nitrogens with zero attached hydrogens (tertiary/aromatic N) is 1. The van der Waals surface area contributed by atoms with Crippen LogP contribution in [0.25, 0.3) is 0 Å². The Morgan fingerprint density at radius 1 is 1.11 bits per heavy atom. The number of amides is 1. The number of carbonyl (C=O) groups excluding carboxylic acids is 1. The molecule has 0 bridgehead atoms. The van der Waals surface area contributed by atoms with Gasteiger partial charge >= 0.3 is 0 Å². The molecule has 0 fully saturated rings. The first-order chi connectivity index (χ1) is 13.6. The molecule has 6 nitrogen and oxygen atoms in total. The first kappa shape index (κ1) is 21.3. The second kappa shape index (κ2) is 11.6. The van der Waals surface area contributed by atoms with Crippen LogP contribution in [0, 0.1) is 0 Å². The van der Waals surface area contributed by atoms with E-state index in [1.54, 1.807) is 0 Å². The van der Waals surface area contributed by atoms with Crippen LogP contribution < -0.4 is 20.7 Å². The van der Waals surface area contributed by atoms with Crippen molar-refractivity contribution in [3.05, 3.63) is 60.2 Å². The minimum atomic E-state index is -0.102. The van der Waals surface area contributed by atoms with E-state index in [1.807, 2.05) is 37.3 Å². The molecule has 150 valence electrons. The molecule has 0 aromatic heterocycles. The Bertz CT molecular complexity index is 762. The average Bonchev–Trinajstić information content (AvgIpc) is 2.69. The zero-order valence-corrected chi connectivity index (χ0v) is 16.9. The first-order valence-corrected chi connectivity index (χ1v) is 9.66. The molecule has 2 rings (SSSR count). The van der Waals surface area contributed by atoms with Crippen LogP contribution in [0.1, 0.15) is 32.3 Å². The Morgan fingerprint density at radius 2 is 1.89 bits per heavy atom. The van der Waals surface area contributed by atoms with Crippen LogP contribution in [0.4, 0.5) is 5.69 Å². The van der Waals surface area contributed by atoms with Crippen molar-refractivity contribution in [2.75, 3.05) is 31.6 Å². The van der Waals surface area contributed by atoms with E-state index in [1.165, 1.54) is 12.5 Å². The molecule has 1 amide bonds. The summed E-state index contributed by atoms with van der Waals surface area (Å²) in [5, 5.41) is 9.29. The summed E-state index contributed by atoms with van der Waals surface area (Å²) in [7, 11) is 0. The third kappa shape index (κ3) is 7.70. The number of hydrogen-bond donors (Lipinski definition) is 3. The molecule has 0 spiro atoms. The smallest absolute Gasteiger partial charge is 0.221 e.